The van der Waals surface area contributed by atoms with Gasteiger partial charge in [0, 0.05) is 24.9 Å². The van der Waals surface area contributed by atoms with Gasteiger partial charge >= 0.3 is 0 Å². The average Bonchev–Trinajstić information content (AvgIpc) is 2.98. The lowest BCUT2D eigenvalue weighted by atomic mass is 9.92. The van der Waals surface area contributed by atoms with Crippen LogP contribution in [0.1, 0.15) is 63.3 Å². The van der Waals surface area contributed by atoms with Crippen LogP contribution < -0.4 is 0 Å². The smallest absolute Gasteiger partial charge is 0.134 e. The molecule has 2 rings (SSSR count). The maximum absolute atomic E-state index is 9.92. The number of nitrogens with zero attached hydrogens (tertiary/aromatic N) is 2. The minimum atomic E-state index is 0.131. The molecule has 1 N–H and O–H groups in total. The average molecular weight is 321 g/mol. The summed E-state index contributed by atoms with van der Waals surface area (Å²) in [6, 6.07) is 5.49. The number of aromatic hydroxyl groups is 1. The van der Waals surface area contributed by atoms with Gasteiger partial charge in [0.15, 0.2) is 0 Å². The second-order valence-electron chi connectivity index (χ2n) is 5.71. The monoisotopic (exact) mass is 320 g/mol. The number of aryl methyl sites for hydroxylation is 1. The summed E-state index contributed by atoms with van der Waals surface area (Å²) in [6.45, 7) is 5.35. The fourth-order valence-electron chi connectivity index (χ4n) is 2.79. The SMILES string of the molecule is CCCCC(c1cccc(O)c1Cl)c1nccn1CCCC. The van der Waals surface area contributed by atoms with Crippen LogP contribution in [0.2, 0.25) is 5.02 Å². The van der Waals surface area contributed by atoms with Gasteiger partial charge in [-0.15, -0.1) is 0 Å². The van der Waals surface area contributed by atoms with Crippen molar-refractivity contribution in [1.29, 1.82) is 0 Å². The predicted molar refractivity (Wildman–Crippen MR) is 91.6 cm³/mol. The van der Waals surface area contributed by atoms with Crippen molar-refractivity contribution in [3.8, 4) is 5.75 Å². The first-order valence-corrected chi connectivity index (χ1v) is 8.55. The van der Waals surface area contributed by atoms with Gasteiger partial charge < -0.3 is 9.67 Å². The topological polar surface area (TPSA) is 38.1 Å². The Balaban J connectivity index is 2.38. The maximum Gasteiger partial charge on any atom is 0.134 e. The standard InChI is InChI=1S/C18H25ClN2O/c1-3-5-8-15(14-9-7-10-16(22)17(14)19)18-20-11-13-21(18)12-6-4-2/h7,9-11,13,15,22H,3-6,8,12H2,1-2H3. The van der Waals surface area contributed by atoms with E-state index in [1.54, 1.807) is 6.07 Å². The summed E-state index contributed by atoms with van der Waals surface area (Å²) in [6.07, 6.45) is 9.42. The van der Waals surface area contributed by atoms with Gasteiger partial charge in [0.2, 0.25) is 0 Å². The van der Waals surface area contributed by atoms with Crippen LogP contribution >= 0.6 is 11.6 Å². The van der Waals surface area contributed by atoms with E-state index in [1.807, 2.05) is 24.5 Å². The molecule has 0 fully saturated rings. The van der Waals surface area contributed by atoms with Crippen molar-refractivity contribution in [2.45, 2.75) is 58.4 Å². The number of benzene rings is 1. The van der Waals surface area contributed by atoms with E-state index >= 15 is 0 Å². The van der Waals surface area contributed by atoms with E-state index in [0.717, 1.165) is 50.0 Å². The van der Waals surface area contributed by atoms with Crippen LogP contribution in [0.15, 0.2) is 30.6 Å². The van der Waals surface area contributed by atoms with E-state index in [2.05, 4.69) is 23.4 Å². The summed E-state index contributed by atoms with van der Waals surface area (Å²) in [4.78, 5) is 4.59. The highest BCUT2D eigenvalue weighted by molar-refractivity contribution is 6.32. The predicted octanol–water partition coefficient (Wildman–Crippen LogP) is 5.36. The van der Waals surface area contributed by atoms with Crippen LogP contribution in [-0.2, 0) is 6.54 Å². The third-order valence-electron chi connectivity index (χ3n) is 4.04. The normalized spacial score (nSPS) is 12.5. The van der Waals surface area contributed by atoms with E-state index in [1.165, 1.54) is 0 Å². The van der Waals surface area contributed by atoms with Crippen LogP contribution in [0, 0.1) is 0 Å². The lowest BCUT2D eigenvalue weighted by Crippen LogP contribution is -2.11. The number of hydrogen-bond acceptors (Lipinski definition) is 2. The van der Waals surface area contributed by atoms with Crippen LogP contribution in [0.25, 0.3) is 0 Å². The third kappa shape index (κ3) is 3.83. The number of rotatable bonds is 8. The molecule has 3 nitrogen and oxygen atoms in total. The summed E-state index contributed by atoms with van der Waals surface area (Å²) in [7, 11) is 0. The molecule has 1 atom stereocenters. The molecule has 0 amide bonds. The Labute approximate surface area is 138 Å². The second kappa shape index (κ2) is 8.23. The summed E-state index contributed by atoms with van der Waals surface area (Å²) < 4.78 is 2.23. The maximum atomic E-state index is 9.92. The van der Waals surface area contributed by atoms with Crippen molar-refractivity contribution in [1.82, 2.24) is 9.55 Å². The minimum absolute atomic E-state index is 0.131. The first kappa shape index (κ1) is 16.9. The molecule has 4 heteroatoms. The van der Waals surface area contributed by atoms with Gasteiger partial charge in [-0.25, -0.2) is 4.98 Å². The first-order chi connectivity index (χ1) is 10.7. The van der Waals surface area contributed by atoms with Gasteiger partial charge in [0.1, 0.15) is 11.6 Å². The molecule has 0 radical (unpaired) electrons. The van der Waals surface area contributed by atoms with Crippen LogP contribution in [0.3, 0.4) is 0 Å². The Morgan fingerprint density at radius 2 is 2.00 bits per heavy atom. The number of phenolic OH excluding ortho intramolecular Hbond substituents is 1. The Bertz CT molecular complexity index is 595. The van der Waals surface area contributed by atoms with Crippen molar-refractivity contribution in [3.05, 3.63) is 47.0 Å². The van der Waals surface area contributed by atoms with Crippen LogP contribution in [0.5, 0.6) is 5.75 Å². The van der Waals surface area contributed by atoms with E-state index in [0.29, 0.717) is 5.02 Å². The van der Waals surface area contributed by atoms with Crippen molar-refractivity contribution >= 4 is 11.6 Å². The van der Waals surface area contributed by atoms with Crippen LogP contribution in [-0.4, -0.2) is 14.7 Å². The van der Waals surface area contributed by atoms with E-state index < -0.39 is 0 Å². The number of unbranched alkanes of at least 4 members (excludes halogenated alkanes) is 2. The zero-order valence-electron chi connectivity index (χ0n) is 13.4. The summed E-state index contributed by atoms with van der Waals surface area (Å²) in [5, 5.41) is 10.4. The van der Waals surface area contributed by atoms with Gasteiger partial charge in [-0.1, -0.05) is 56.8 Å². The van der Waals surface area contributed by atoms with Gasteiger partial charge in [0.25, 0.3) is 0 Å². The summed E-state index contributed by atoms with van der Waals surface area (Å²) >= 11 is 6.35. The van der Waals surface area contributed by atoms with Gasteiger partial charge in [-0.05, 0) is 24.5 Å². The molecular formula is C18H25ClN2O. The van der Waals surface area contributed by atoms with Crippen LogP contribution in [0.4, 0.5) is 0 Å². The van der Waals surface area contributed by atoms with Crippen molar-refractivity contribution < 1.29 is 5.11 Å². The van der Waals surface area contributed by atoms with Crippen molar-refractivity contribution in [3.63, 3.8) is 0 Å². The quantitative estimate of drug-likeness (QED) is 0.710. The molecule has 1 aromatic heterocycles. The number of phenols is 1. The molecule has 0 bridgehead atoms. The zero-order chi connectivity index (χ0) is 15.9. The van der Waals surface area contributed by atoms with Gasteiger partial charge in [-0.3, -0.25) is 0 Å². The molecule has 1 aromatic carbocycles. The molecule has 0 saturated heterocycles. The molecule has 0 saturated carbocycles. The molecule has 0 aliphatic heterocycles. The molecule has 0 aliphatic rings. The highest BCUT2D eigenvalue weighted by atomic mass is 35.5. The highest BCUT2D eigenvalue weighted by Crippen LogP contribution is 2.37. The van der Waals surface area contributed by atoms with Gasteiger partial charge in [-0.2, -0.15) is 0 Å². The number of imidazole rings is 1. The summed E-state index contributed by atoms with van der Waals surface area (Å²) in [5.74, 6) is 1.33. The van der Waals surface area contributed by atoms with E-state index in [4.69, 9.17) is 11.6 Å². The number of aromatic nitrogens is 2. The van der Waals surface area contributed by atoms with E-state index in [9.17, 15) is 5.11 Å². The fraction of sp³-hybridized carbons (Fsp3) is 0.500. The molecular weight excluding hydrogens is 296 g/mol. The van der Waals surface area contributed by atoms with E-state index in [-0.39, 0.29) is 11.7 Å². The molecule has 1 unspecified atom stereocenters. The van der Waals surface area contributed by atoms with Gasteiger partial charge in [0.05, 0.1) is 5.02 Å². The number of hydrogen-bond donors (Lipinski definition) is 1. The Morgan fingerprint density at radius 3 is 2.73 bits per heavy atom. The zero-order valence-corrected chi connectivity index (χ0v) is 14.2. The minimum Gasteiger partial charge on any atom is -0.506 e. The highest BCUT2D eigenvalue weighted by Gasteiger charge is 2.22. The molecule has 22 heavy (non-hydrogen) atoms. The molecule has 120 valence electrons. The molecule has 0 spiro atoms. The Morgan fingerprint density at radius 1 is 1.23 bits per heavy atom. The summed E-state index contributed by atoms with van der Waals surface area (Å²) in [5.41, 5.74) is 0.971. The largest absolute Gasteiger partial charge is 0.506 e. The first-order valence-electron chi connectivity index (χ1n) is 8.17. The Hall–Kier alpha value is -1.48. The molecule has 0 aliphatic carbocycles. The molecule has 2 aromatic rings. The lowest BCUT2D eigenvalue weighted by molar-refractivity contribution is 0.473. The Kier molecular flexibility index (Phi) is 6.32. The lowest BCUT2D eigenvalue weighted by Gasteiger charge is -2.20. The second-order valence-corrected chi connectivity index (χ2v) is 6.09. The third-order valence-corrected chi connectivity index (χ3v) is 4.45. The van der Waals surface area contributed by atoms with Crippen molar-refractivity contribution in [2.75, 3.05) is 0 Å². The van der Waals surface area contributed by atoms with Crippen molar-refractivity contribution in [2.24, 2.45) is 0 Å². The molecule has 1 heterocycles. The fourth-order valence-corrected chi connectivity index (χ4v) is 3.04. The number of halogens is 1.